The zero-order chi connectivity index (χ0) is 14.5. The Kier molecular flexibility index (Phi) is 5.66. The summed E-state index contributed by atoms with van der Waals surface area (Å²) in [6.07, 6.45) is 4.96. The van der Waals surface area contributed by atoms with Crippen LogP contribution in [0, 0.1) is 11.8 Å². The molecule has 3 atom stereocenters. The van der Waals surface area contributed by atoms with Gasteiger partial charge in [0.2, 0.25) is 0 Å². The SMILES string of the molecule is CCC(O)C1CC(NC(=O)OC)CN(CC2CCC2)C1. The van der Waals surface area contributed by atoms with E-state index in [4.69, 9.17) is 4.74 Å². The third-order valence-electron chi connectivity index (χ3n) is 4.77. The second kappa shape index (κ2) is 7.27. The van der Waals surface area contributed by atoms with Crippen LogP contribution in [0.2, 0.25) is 0 Å². The van der Waals surface area contributed by atoms with E-state index in [1.54, 1.807) is 0 Å². The van der Waals surface area contributed by atoms with Gasteiger partial charge in [-0.15, -0.1) is 0 Å². The maximum Gasteiger partial charge on any atom is 0.407 e. The summed E-state index contributed by atoms with van der Waals surface area (Å²) in [5.41, 5.74) is 0. The summed E-state index contributed by atoms with van der Waals surface area (Å²) in [6, 6.07) is 0.0856. The summed E-state index contributed by atoms with van der Waals surface area (Å²) in [7, 11) is 1.39. The van der Waals surface area contributed by atoms with E-state index in [2.05, 4.69) is 10.2 Å². The number of hydrogen-bond donors (Lipinski definition) is 2. The van der Waals surface area contributed by atoms with E-state index in [0.29, 0.717) is 0 Å². The Hall–Kier alpha value is -0.810. The highest BCUT2D eigenvalue weighted by atomic mass is 16.5. The van der Waals surface area contributed by atoms with E-state index in [-0.39, 0.29) is 24.2 Å². The number of methoxy groups -OCH3 is 1. The highest BCUT2D eigenvalue weighted by molar-refractivity contribution is 5.67. The molecule has 0 radical (unpaired) electrons. The van der Waals surface area contributed by atoms with Gasteiger partial charge in [-0.3, -0.25) is 0 Å². The maximum absolute atomic E-state index is 11.4. The number of carbonyl (C=O) groups is 1. The minimum absolute atomic E-state index is 0.0856. The molecule has 1 aliphatic carbocycles. The fraction of sp³-hybridized carbons (Fsp3) is 0.933. The summed E-state index contributed by atoms with van der Waals surface area (Å²) >= 11 is 0. The predicted octanol–water partition coefficient (Wildman–Crippen LogP) is 1.60. The molecule has 0 aromatic rings. The minimum atomic E-state index is -0.370. The van der Waals surface area contributed by atoms with Gasteiger partial charge in [-0.25, -0.2) is 4.79 Å². The van der Waals surface area contributed by atoms with Gasteiger partial charge in [0.15, 0.2) is 0 Å². The number of amides is 1. The average Bonchev–Trinajstić information content (AvgIpc) is 2.41. The van der Waals surface area contributed by atoms with Crippen molar-refractivity contribution in [1.82, 2.24) is 10.2 Å². The van der Waals surface area contributed by atoms with Crippen LogP contribution in [0.15, 0.2) is 0 Å². The van der Waals surface area contributed by atoms with Crippen LogP contribution in [-0.4, -0.2) is 55.0 Å². The molecule has 0 bridgehead atoms. The van der Waals surface area contributed by atoms with Gasteiger partial charge in [0.25, 0.3) is 0 Å². The molecular formula is C15H28N2O3. The summed E-state index contributed by atoms with van der Waals surface area (Å²) in [6.45, 7) is 4.94. The Labute approximate surface area is 121 Å². The third kappa shape index (κ3) is 4.09. The molecule has 20 heavy (non-hydrogen) atoms. The van der Waals surface area contributed by atoms with E-state index in [1.807, 2.05) is 6.92 Å². The summed E-state index contributed by atoms with van der Waals surface area (Å²) in [5.74, 6) is 1.06. The Balaban J connectivity index is 1.91. The smallest absolute Gasteiger partial charge is 0.407 e. The fourth-order valence-electron chi connectivity index (χ4n) is 3.36. The molecule has 2 aliphatic rings. The molecule has 1 aliphatic heterocycles. The summed E-state index contributed by atoms with van der Waals surface area (Å²) in [4.78, 5) is 13.8. The molecule has 1 saturated carbocycles. The van der Waals surface area contributed by atoms with Crippen LogP contribution >= 0.6 is 0 Å². The minimum Gasteiger partial charge on any atom is -0.453 e. The number of hydrogen-bond acceptors (Lipinski definition) is 4. The van der Waals surface area contributed by atoms with Gasteiger partial charge in [0.1, 0.15) is 0 Å². The third-order valence-corrected chi connectivity index (χ3v) is 4.77. The lowest BCUT2D eigenvalue weighted by Gasteiger charge is -2.42. The van der Waals surface area contributed by atoms with Crippen molar-refractivity contribution in [2.45, 2.75) is 51.2 Å². The number of likely N-dealkylation sites (tertiary alicyclic amines) is 1. The Bertz CT molecular complexity index is 320. The normalized spacial score (nSPS) is 29.6. The standard InChI is InChI=1S/C15H28N2O3/c1-3-14(18)12-7-13(16-15(19)20-2)10-17(9-12)8-11-5-4-6-11/h11-14,18H,3-10H2,1-2H3,(H,16,19). The number of aliphatic hydroxyl groups is 1. The zero-order valence-corrected chi connectivity index (χ0v) is 12.7. The lowest BCUT2D eigenvalue weighted by atomic mass is 9.83. The molecule has 1 amide bonds. The van der Waals surface area contributed by atoms with E-state index < -0.39 is 0 Å². The number of nitrogens with zero attached hydrogens (tertiary/aromatic N) is 1. The fourth-order valence-corrected chi connectivity index (χ4v) is 3.36. The Morgan fingerprint density at radius 3 is 2.75 bits per heavy atom. The highest BCUT2D eigenvalue weighted by Crippen LogP contribution is 2.29. The lowest BCUT2D eigenvalue weighted by Crippen LogP contribution is -2.54. The van der Waals surface area contributed by atoms with Crippen molar-refractivity contribution < 1.29 is 14.6 Å². The van der Waals surface area contributed by atoms with Crippen LogP contribution in [0.5, 0.6) is 0 Å². The molecule has 3 unspecified atom stereocenters. The number of nitrogens with one attached hydrogen (secondary N) is 1. The number of rotatable bonds is 5. The molecule has 5 nitrogen and oxygen atoms in total. The van der Waals surface area contributed by atoms with Gasteiger partial charge in [-0.2, -0.15) is 0 Å². The van der Waals surface area contributed by atoms with Gasteiger partial charge in [-0.1, -0.05) is 13.3 Å². The largest absolute Gasteiger partial charge is 0.453 e. The van der Waals surface area contributed by atoms with Crippen molar-refractivity contribution in [2.24, 2.45) is 11.8 Å². The van der Waals surface area contributed by atoms with E-state index in [9.17, 15) is 9.90 Å². The second-order valence-electron chi connectivity index (χ2n) is 6.32. The second-order valence-corrected chi connectivity index (χ2v) is 6.32. The van der Waals surface area contributed by atoms with Gasteiger partial charge in [0, 0.05) is 25.7 Å². The van der Waals surface area contributed by atoms with Crippen molar-refractivity contribution in [3.63, 3.8) is 0 Å². The van der Waals surface area contributed by atoms with Crippen LogP contribution < -0.4 is 5.32 Å². The van der Waals surface area contributed by atoms with Gasteiger partial charge in [-0.05, 0) is 37.5 Å². The summed E-state index contributed by atoms with van der Waals surface area (Å²) in [5, 5.41) is 13.0. The first-order valence-corrected chi connectivity index (χ1v) is 7.87. The summed E-state index contributed by atoms with van der Waals surface area (Å²) < 4.78 is 4.69. The van der Waals surface area contributed by atoms with Crippen molar-refractivity contribution in [2.75, 3.05) is 26.7 Å². The van der Waals surface area contributed by atoms with E-state index in [1.165, 1.54) is 26.4 Å². The first-order valence-electron chi connectivity index (χ1n) is 7.87. The topological polar surface area (TPSA) is 61.8 Å². The number of carbonyl (C=O) groups excluding carboxylic acids is 1. The van der Waals surface area contributed by atoms with Crippen LogP contribution in [0.1, 0.15) is 39.0 Å². The first kappa shape index (κ1) is 15.6. The zero-order valence-electron chi connectivity index (χ0n) is 12.7. The number of piperidine rings is 1. The van der Waals surface area contributed by atoms with Crippen molar-refractivity contribution in [3.8, 4) is 0 Å². The highest BCUT2D eigenvalue weighted by Gasteiger charge is 2.33. The van der Waals surface area contributed by atoms with Crippen LogP contribution in [0.3, 0.4) is 0 Å². The van der Waals surface area contributed by atoms with Crippen molar-refractivity contribution in [1.29, 1.82) is 0 Å². The Morgan fingerprint density at radius 1 is 1.45 bits per heavy atom. The molecule has 1 heterocycles. The van der Waals surface area contributed by atoms with Gasteiger partial charge in [0.05, 0.1) is 13.2 Å². The van der Waals surface area contributed by atoms with Crippen LogP contribution in [0.25, 0.3) is 0 Å². The molecule has 0 spiro atoms. The average molecular weight is 284 g/mol. The lowest BCUT2D eigenvalue weighted by molar-refractivity contribution is 0.0246. The van der Waals surface area contributed by atoms with Crippen molar-refractivity contribution >= 4 is 6.09 Å². The molecule has 116 valence electrons. The quantitative estimate of drug-likeness (QED) is 0.805. The van der Waals surface area contributed by atoms with E-state index >= 15 is 0 Å². The van der Waals surface area contributed by atoms with Gasteiger partial charge >= 0.3 is 6.09 Å². The monoisotopic (exact) mass is 284 g/mol. The number of ether oxygens (including phenoxy) is 1. The predicted molar refractivity (Wildman–Crippen MR) is 77.5 cm³/mol. The molecule has 2 rings (SSSR count). The first-order chi connectivity index (χ1) is 9.62. The van der Waals surface area contributed by atoms with Gasteiger partial charge < -0.3 is 20.1 Å². The molecule has 2 fully saturated rings. The number of aliphatic hydroxyl groups excluding tert-OH is 1. The molecule has 5 heteroatoms. The molecular weight excluding hydrogens is 256 g/mol. The maximum atomic E-state index is 11.4. The number of alkyl carbamates (subject to hydrolysis) is 1. The van der Waals surface area contributed by atoms with Crippen LogP contribution in [0.4, 0.5) is 4.79 Å². The molecule has 0 aromatic heterocycles. The molecule has 2 N–H and O–H groups in total. The van der Waals surface area contributed by atoms with Crippen LogP contribution in [-0.2, 0) is 4.74 Å². The molecule has 0 aromatic carbocycles. The van der Waals surface area contributed by atoms with E-state index in [0.717, 1.165) is 38.4 Å². The molecule has 1 saturated heterocycles. The van der Waals surface area contributed by atoms with Crippen molar-refractivity contribution in [3.05, 3.63) is 0 Å². The Morgan fingerprint density at radius 2 is 2.20 bits per heavy atom.